The van der Waals surface area contributed by atoms with Gasteiger partial charge in [-0.15, -0.1) is 5.10 Å². The van der Waals surface area contributed by atoms with Crippen LogP contribution >= 0.6 is 0 Å². The number of hydrogen-bond acceptors (Lipinski definition) is 5. The summed E-state index contributed by atoms with van der Waals surface area (Å²) in [7, 11) is 0. The molecule has 0 atom stereocenters. The fourth-order valence-electron chi connectivity index (χ4n) is 2.26. The number of benzene rings is 1. The number of carboxylic acid groups (broad SMARTS) is 1. The van der Waals surface area contributed by atoms with Gasteiger partial charge < -0.3 is 15.2 Å². The van der Waals surface area contributed by atoms with E-state index in [1.807, 2.05) is 0 Å². The van der Waals surface area contributed by atoms with Gasteiger partial charge >= 0.3 is 12.6 Å². The minimum atomic E-state index is -2.94. The molecule has 0 aliphatic carbocycles. The van der Waals surface area contributed by atoms with E-state index in [0.29, 0.717) is 16.8 Å². The Hall–Kier alpha value is -3.04. The summed E-state index contributed by atoms with van der Waals surface area (Å²) in [4.78, 5) is 22.8. The summed E-state index contributed by atoms with van der Waals surface area (Å²) in [5, 5.41) is 18.6. The maximum atomic E-state index is 12.4. The van der Waals surface area contributed by atoms with Gasteiger partial charge in [0.2, 0.25) is 0 Å². The first-order chi connectivity index (χ1) is 11.8. The van der Waals surface area contributed by atoms with Gasteiger partial charge in [-0.25, -0.2) is 4.68 Å². The summed E-state index contributed by atoms with van der Waals surface area (Å²) in [5.74, 6) is -1.44. The molecule has 10 heteroatoms. The number of alkyl halides is 2. The summed E-state index contributed by atoms with van der Waals surface area (Å²) in [5.41, 5.74) is 1.51. The molecule has 1 amide bonds. The maximum Gasteiger partial charge on any atom is 0.387 e. The summed E-state index contributed by atoms with van der Waals surface area (Å²) in [6.45, 7) is -0.0835. The molecule has 0 saturated heterocycles. The number of halogens is 2. The van der Waals surface area contributed by atoms with Crippen LogP contribution in [0.2, 0.25) is 0 Å². The smallest absolute Gasteiger partial charge is 0.387 e. The summed E-state index contributed by atoms with van der Waals surface area (Å²) in [6.07, 6.45) is 1.41. The molecule has 0 aliphatic rings. The number of aliphatic carboxylic acids is 1. The molecule has 0 aliphatic heterocycles. The van der Waals surface area contributed by atoms with Gasteiger partial charge in [0.05, 0.1) is 12.7 Å². The first kappa shape index (κ1) is 18.3. The lowest BCUT2D eigenvalue weighted by atomic mass is 10.1. The minimum absolute atomic E-state index is 0.0446. The lowest BCUT2D eigenvalue weighted by Gasteiger charge is -2.13. The molecular formula is C15H16F2N4O4. The van der Waals surface area contributed by atoms with Crippen LogP contribution in [-0.4, -0.2) is 38.6 Å². The molecule has 0 unspecified atom stereocenters. The zero-order valence-electron chi connectivity index (χ0n) is 13.5. The first-order valence-corrected chi connectivity index (χ1v) is 7.21. The van der Waals surface area contributed by atoms with Crippen LogP contribution in [0.25, 0.3) is 0 Å². The molecule has 0 radical (unpaired) electrons. The quantitative estimate of drug-likeness (QED) is 0.781. The fraction of sp³-hybridized carbons (Fsp3) is 0.333. The second kappa shape index (κ2) is 7.69. The van der Waals surface area contributed by atoms with E-state index in [9.17, 15) is 18.4 Å². The number of nitrogens with zero attached hydrogens (tertiary/aromatic N) is 3. The zero-order valence-corrected chi connectivity index (χ0v) is 13.5. The predicted molar refractivity (Wildman–Crippen MR) is 81.4 cm³/mol. The van der Waals surface area contributed by atoms with E-state index in [1.54, 1.807) is 13.8 Å². The predicted octanol–water partition coefficient (Wildman–Crippen LogP) is 1.51. The van der Waals surface area contributed by atoms with Crippen LogP contribution in [0.5, 0.6) is 5.75 Å². The average Bonchev–Trinajstić information content (AvgIpc) is 2.94. The van der Waals surface area contributed by atoms with Crippen molar-refractivity contribution in [2.24, 2.45) is 0 Å². The Labute approximate surface area is 141 Å². The van der Waals surface area contributed by atoms with Crippen LogP contribution in [0, 0.1) is 13.8 Å². The normalized spacial score (nSPS) is 10.8. The standard InChI is InChI=1S/C15H16F2N4O4/c1-8-3-10(4-9(2)13(8)25-15(16)17)14(24)18-5-11-6-21(20-19-11)7-12(22)23/h3-4,6,15H,5,7H2,1-2H3,(H,18,24)(H,22,23). The number of aromatic nitrogens is 3. The molecule has 25 heavy (non-hydrogen) atoms. The minimum Gasteiger partial charge on any atom is -0.480 e. The molecule has 1 aromatic carbocycles. The van der Waals surface area contributed by atoms with Gasteiger partial charge in [0, 0.05) is 5.56 Å². The van der Waals surface area contributed by atoms with Crippen molar-refractivity contribution in [3.63, 3.8) is 0 Å². The second-order valence-corrected chi connectivity index (χ2v) is 5.30. The zero-order chi connectivity index (χ0) is 18.6. The number of amides is 1. The largest absolute Gasteiger partial charge is 0.480 e. The summed E-state index contributed by atoms with van der Waals surface area (Å²) >= 11 is 0. The summed E-state index contributed by atoms with van der Waals surface area (Å²) in [6, 6.07) is 2.89. The van der Waals surface area contributed by atoms with Gasteiger partial charge in [-0.2, -0.15) is 8.78 Å². The van der Waals surface area contributed by atoms with Crippen LogP contribution in [0.3, 0.4) is 0 Å². The molecule has 0 fully saturated rings. The Balaban J connectivity index is 2.03. The van der Waals surface area contributed by atoms with Crippen molar-refractivity contribution in [3.05, 3.63) is 40.7 Å². The Bertz CT molecular complexity index is 769. The number of ether oxygens (including phenoxy) is 1. The Morgan fingerprint density at radius 1 is 1.32 bits per heavy atom. The van der Waals surface area contributed by atoms with Crippen LogP contribution < -0.4 is 10.1 Å². The van der Waals surface area contributed by atoms with Crippen molar-refractivity contribution in [1.29, 1.82) is 0 Å². The molecule has 2 N–H and O–H groups in total. The third-order valence-electron chi connectivity index (χ3n) is 3.24. The van der Waals surface area contributed by atoms with Crippen molar-refractivity contribution < 1.29 is 28.2 Å². The van der Waals surface area contributed by atoms with Gasteiger partial charge in [-0.05, 0) is 37.1 Å². The van der Waals surface area contributed by atoms with Crippen LogP contribution in [-0.2, 0) is 17.9 Å². The highest BCUT2D eigenvalue weighted by atomic mass is 19.3. The first-order valence-electron chi connectivity index (χ1n) is 7.21. The van der Waals surface area contributed by atoms with Crippen molar-refractivity contribution in [2.75, 3.05) is 0 Å². The van der Waals surface area contributed by atoms with E-state index >= 15 is 0 Å². The number of carboxylic acids is 1. The van der Waals surface area contributed by atoms with Gasteiger partial charge in [0.15, 0.2) is 0 Å². The Morgan fingerprint density at radius 3 is 2.52 bits per heavy atom. The van der Waals surface area contributed by atoms with Crippen molar-refractivity contribution in [2.45, 2.75) is 33.5 Å². The average molecular weight is 354 g/mol. The monoisotopic (exact) mass is 354 g/mol. The molecule has 8 nitrogen and oxygen atoms in total. The highest BCUT2D eigenvalue weighted by Crippen LogP contribution is 2.26. The highest BCUT2D eigenvalue weighted by molar-refractivity contribution is 5.94. The molecule has 1 aromatic heterocycles. The van der Waals surface area contributed by atoms with Crippen LogP contribution in [0.1, 0.15) is 27.2 Å². The van der Waals surface area contributed by atoms with Gasteiger partial charge in [0.1, 0.15) is 18.0 Å². The Kier molecular flexibility index (Phi) is 5.63. The van der Waals surface area contributed by atoms with Crippen molar-refractivity contribution >= 4 is 11.9 Å². The number of nitrogens with one attached hydrogen (secondary N) is 1. The van der Waals surface area contributed by atoms with Gasteiger partial charge in [-0.1, -0.05) is 5.21 Å². The molecule has 0 saturated carbocycles. The third-order valence-corrected chi connectivity index (χ3v) is 3.24. The molecular weight excluding hydrogens is 338 g/mol. The SMILES string of the molecule is Cc1cc(C(=O)NCc2cn(CC(=O)O)nn2)cc(C)c1OC(F)F. The molecule has 0 bridgehead atoms. The van der Waals surface area contributed by atoms with E-state index in [-0.39, 0.29) is 24.4 Å². The number of carbonyl (C=O) groups excluding carboxylic acids is 1. The van der Waals surface area contributed by atoms with Crippen LogP contribution in [0.4, 0.5) is 8.78 Å². The van der Waals surface area contributed by atoms with Crippen molar-refractivity contribution in [3.8, 4) is 5.75 Å². The number of aryl methyl sites for hydroxylation is 2. The lowest BCUT2D eigenvalue weighted by Crippen LogP contribution is -2.23. The number of carbonyl (C=O) groups is 2. The molecule has 2 rings (SSSR count). The fourth-order valence-corrected chi connectivity index (χ4v) is 2.26. The third kappa shape index (κ3) is 4.96. The van der Waals surface area contributed by atoms with E-state index < -0.39 is 18.5 Å². The molecule has 2 aromatic rings. The summed E-state index contributed by atoms with van der Waals surface area (Å²) < 4.78 is 30.3. The lowest BCUT2D eigenvalue weighted by molar-refractivity contribution is -0.137. The Morgan fingerprint density at radius 2 is 1.96 bits per heavy atom. The van der Waals surface area contributed by atoms with E-state index in [0.717, 1.165) is 4.68 Å². The van der Waals surface area contributed by atoms with E-state index in [2.05, 4.69) is 20.4 Å². The number of hydrogen-bond donors (Lipinski definition) is 2. The topological polar surface area (TPSA) is 106 Å². The van der Waals surface area contributed by atoms with Gasteiger partial charge in [-0.3, -0.25) is 9.59 Å². The highest BCUT2D eigenvalue weighted by Gasteiger charge is 2.15. The molecule has 134 valence electrons. The molecule has 0 spiro atoms. The number of rotatable bonds is 7. The maximum absolute atomic E-state index is 12.4. The van der Waals surface area contributed by atoms with Crippen molar-refractivity contribution in [1.82, 2.24) is 20.3 Å². The molecule has 1 heterocycles. The second-order valence-electron chi connectivity index (χ2n) is 5.30. The van der Waals surface area contributed by atoms with Gasteiger partial charge in [0.25, 0.3) is 5.91 Å². The van der Waals surface area contributed by atoms with E-state index in [1.165, 1.54) is 18.3 Å². The van der Waals surface area contributed by atoms with E-state index in [4.69, 9.17) is 5.11 Å². The van der Waals surface area contributed by atoms with Crippen LogP contribution in [0.15, 0.2) is 18.3 Å².